The zero-order valence-electron chi connectivity index (χ0n) is 20.7. The third kappa shape index (κ3) is 6.33. The fraction of sp³-hybridized carbons (Fsp3) is 0.321. The van der Waals surface area contributed by atoms with Gasteiger partial charge in [-0.25, -0.2) is 9.40 Å². The Morgan fingerprint density at radius 1 is 1.25 bits per heavy atom. The van der Waals surface area contributed by atoms with E-state index in [0.29, 0.717) is 33.3 Å². The highest BCUT2D eigenvalue weighted by atomic mass is 35.5. The molecule has 1 aliphatic rings. The van der Waals surface area contributed by atoms with Crippen molar-refractivity contribution in [2.45, 2.75) is 33.3 Å². The highest BCUT2D eigenvalue weighted by molar-refractivity contribution is 6.30. The summed E-state index contributed by atoms with van der Waals surface area (Å²) in [5, 5.41) is 17.2. The fourth-order valence-corrected chi connectivity index (χ4v) is 3.73. The maximum atomic E-state index is 15.3. The van der Waals surface area contributed by atoms with E-state index >= 15 is 4.39 Å². The van der Waals surface area contributed by atoms with Crippen LogP contribution in [-0.2, 0) is 0 Å². The SMILES string of the molecule is C=C1C=C(c2cccc(OCCC(C)(CF)C(O)c3ccc(Cl)cc3)c2F)C=CN1/N=C(/N)C(C)C. The molecule has 3 rings (SSSR count). The van der Waals surface area contributed by atoms with E-state index in [0.717, 1.165) is 0 Å². The van der Waals surface area contributed by atoms with Gasteiger partial charge in [-0.05, 0) is 47.9 Å². The van der Waals surface area contributed by atoms with Gasteiger partial charge in [0.15, 0.2) is 11.6 Å². The lowest BCUT2D eigenvalue weighted by Gasteiger charge is -2.32. The fourth-order valence-electron chi connectivity index (χ4n) is 3.61. The number of nitrogens with two attached hydrogens (primary N) is 1. The van der Waals surface area contributed by atoms with Crippen LogP contribution in [0.25, 0.3) is 5.57 Å². The number of hydrazone groups is 1. The monoisotopic (exact) mass is 515 g/mol. The van der Waals surface area contributed by atoms with Gasteiger partial charge in [0.2, 0.25) is 0 Å². The summed E-state index contributed by atoms with van der Waals surface area (Å²) in [6.07, 6.45) is 4.20. The molecule has 2 unspecified atom stereocenters. The Morgan fingerprint density at radius 3 is 2.56 bits per heavy atom. The van der Waals surface area contributed by atoms with Gasteiger partial charge in [-0.1, -0.05) is 63.2 Å². The summed E-state index contributed by atoms with van der Waals surface area (Å²) in [7, 11) is 0. The molecular formula is C28H32ClF2N3O2. The van der Waals surface area contributed by atoms with Crippen molar-refractivity contribution in [3.05, 3.63) is 95.1 Å². The van der Waals surface area contributed by atoms with E-state index in [1.165, 1.54) is 6.07 Å². The number of ether oxygens (including phenoxy) is 1. The number of halogens is 3. The average Bonchev–Trinajstić information content (AvgIpc) is 2.86. The van der Waals surface area contributed by atoms with Gasteiger partial charge in [-0.3, -0.25) is 4.39 Å². The van der Waals surface area contributed by atoms with Gasteiger partial charge in [0.05, 0.1) is 25.1 Å². The smallest absolute Gasteiger partial charge is 0.172 e. The van der Waals surface area contributed by atoms with Crippen LogP contribution in [0.1, 0.15) is 44.4 Å². The van der Waals surface area contributed by atoms with E-state index in [9.17, 15) is 9.50 Å². The van der Waals surface area contributed by atoms with Crippen LogP contribution < -0.4 is 10.5 Å². The van der Waals surface area contributed by atoms with E-state index < -0.39 is 24.0 Å². The molecule has 0 saturated carbocycles. The highest BCUT2D eigenvalue weighted by Gasteiger charge is 2.34. The predicted octanol–water partition coefficient (Wildman–Crippen LogP) is 6.61. The van der Waals surface area contributed by atoms with Crippen molar-refractivity contribution in [3.63, 3.8) is 0 Å². The Bertz CT molecular complexity index is 1180. The number of amidine groups is 1. The van der Waals surface area contributed by atoms with Crippen LogP contribution in [0.4, 0.5) is 8.78 Å². The molecule has 2 atom stereocenters. The van der Waals surface area contributed by atoms with Crippen LogP contribution in [0.2, 0.25) is 5.02 Å². The van der Waals surface area contributed by atoms with Gasteiger partial charge in [-0.15, -0.1) is 0 Å². The van der Waals surface area contributed by atoms with Crippen molar-refractivity contribution in [2.75, 3.05) is 13.3 Å². The minimum Gasteiger partial charge on any atom is -0.490 e. The molecule has 0 bridgehead atoms. The van der Waals surface area contributed by atoms with Crippen molar-refractivity contribution in [2.24, 2.45) is 22.2 Å². The summed E-state index contributed by atoms with van der Waals surface area (Å²) in [5.41, 5.74) is 6.85. The summed E-state index contributed by atoms with van der Waals surface area (Å²) in [6.45, 7) is 8.73. The van der Waals surface area contributed by atoms with Crippen LogP contribution in [-0.4, -0.2) is 29.2 Å². The molecule has 5 nitrogen and oxygen atoms in total. The zero-order valence-corrected chi connectivity index (χ0v) is 21.5. The van der Waals surface area contributed by atoms with Gasteiger partial charge >= 0.3 is 0 Å². The van der Waals surface area contributed by atoms with Crippen LogP contribution in [0.3, 0.4) is 0 Å². The number of benzene rings is 2. The van der Waals surface area contributed by atoms with Gasteiger partial charge < -0.3 is 15.6 Å². The zero-order chi connectivity index (χ0) is 26.5. The second-order valence-electron chi connectivity index (χ2n) is 9.39. The quantitative estimate of drug-likeness (QED) is 0.276. The number of hydrogen-bond acceptors (Lipinski definition) is 4. The number of allylic oxidation sites excluding steroid dienone is 3. The molecule has 0 amide bonds. The molecule has 0 spiro atoms. The highest BCUT2D eigenvalue weighted by Crippen LogP contribution is 2.38. The third-order valence-corrected chi connectivity index (χ3v) is 6.43. The lowest BCUT2D eigenvalue weighted by atomic mass is 9.79. The van der Waals surface area contributed by atoms with Crippen LogP contribution >= 0.6 is 11.6 Å². The van der Waals surface area contributed by atoms with Crippen molar-refractivity contribution >= 4 is 23.0 Å². The van der Waals surface area contributed by atoms with Gasteiger partial charge in [0, 0.05) is 28.1 Å². The average molecular weight is 516 g/mol. The molecule has 8 heteroatoms. The Morgan fingerprint density at radius 2 is 1.94 bits per heavy atom. The Kier molecular flexibility index (Phi) is 8.93. The number of hydrogen-bond donors (Lipinski definition) is 2. The number of aliphatic hydroxyl groups is 1. The van der Waals surface area contributed by atoms with E-state index in [2.05, 4.69) is 11.7 Å². The first kappa shape index (κ1) is 27.4. The van der Waals surface area contributed by atoms with Crippen molar-refractivity contribution < 1.29 is 18.6 Å². The summed E-state index contributed by atoms with van der Waals surface area (Å²) in [6, 6.07) is 11.4. The van der Waals surface area contributed by atoms with E-state index in [-0.39, 0.29) is 24.7 Å². The largest absolute Gasteiger partial charge is 0.490 e. The second kappa shape index (κ2) is 11.7. The molecular weight excluding hydrogens is 484 g/mol. The summed E-state index contributed by atoms with van der Waals surface area (Å²) >= 11 is 5.91. The minimum atomic E-state index is -1.11. The van der Waals surface area contributed by atoms with E-state index in [1.807, 2.05) is 13.8 Å². The lowest BCUT2D eigenvalue weighted by Crippen LogP contribution is -2.30. The van der Waals surface area contributed by atoms with Gasteiger partial charge in [0.25, 0.3) is 0 Å². The molecule has 0 saturated heterocycles. The van der Waals surface area contributed by atoms with Crippen molar-refractivity contribution in [1.82, 2.24) is 5.01 Å². The molecule has 0 aliphatic carbocycles. The Labute approximate surface area is 216 Å². The standard InChI is InChI=1S/C28H32ClF2N3O2/c1-18(2)27(32)33-34-14-12-21(16-19(34)3)23-6-5-7-24(25(23)31)36-15-13-28(4,17-30)26(35)20-8-10-22(29)11-9-20/h5-12,14,16,18,26,35H,3,13,15,17H2,1-2,4H3,(H2,32,33). The predicted molar refractivity (Wildman–Crippen MR) is 142 cm³/mol. The third-order valence-electron chi connectivity index (χ3n) is 6.18. The Balaban J connectivity index is 1.70. The number of nitrogens with zero attached hydrogens (tertiary/aromatic N) is 2. The lowest BCUT2D eigenvalue weighted by molar-refractivity contribution is 0.00196. The molecule has 2 aromatic rings. The molecule has 1 aliphatic heterocycles. The minimum absolute atomic E-state index is 0.0179. The molecule has 0 aromatic heterocycles. The maximum absolute atomic E-state index is 15.3. The van der Waals surface area contributed by atoms with Crippen molar-refractivity contribution in [1.29, 1.82) is 0 Å². The molecule has 3 N–H and O–H groups in total. The van der Waals surface area contributed by atoms with Gasteiger partial charge in [-0.2, -0.15) is 5.10 Å². The number of aliphatic hydroxyl groups excluding tert-OH is 1. The van der Waals surface area contributed by atoms with Crippen LogP contribution in [0, 0.1) is 17.2 Å². The molecule has 36 heavy (non-hydrogen) atoms. The molecule has 192 valence electrons. The first-order valence-corrected chi connectivity index (χ1v) is 12.1. The summed E-state index contributed by atoms with van der Waals surface area (Å²) in [4.78, 5) is 0. The number of rotatable bonds is 10. The molecule has 1 heterocycles. The molecule has 0 fully saturated rings. The van der Waals surface area contributed by atoms with Crippen LogP contribution in [0.5, 0.6) is 5.75 Å². The second-order valence-corrected chi connectivity index (χ2v) is 9.83. The van der Waals surface area contributed by atoms with Crippen LogP contribution in [0.15, 0.2) is 78.2 Å². The summed E-state index contributed by atoms with van der Waals surface area (Å²) in [5.74, 6) is 0.0363. The van der Waals surface area contributed by atoms with E-state index in [4.69, 9.17) is 22.1 Å². The molecule has 2 aromatic carbocycles. The maximum Gasteiger partial charge on any atom is 0.172 e. The normalized spacial score (nSPS) is 16.7. The first-order valence-electron chi connectivity index (χ1n) is 11.7. The van der Waals surface area contributed by atoms with Crippen molar-refractivity contribution in [3.8, 4) is 5.75 Å². The Hall–Kier alpha value is -3.16. The summed E-state index contributed by atoms with van der Waals surface area (Å²) < 4.78 is 35.0. The first-order chi connectivity index (χ1) is 17.1. The van der Waals surface area contributed by atoms with E-state index in [1.54, 1.807) is 66.7 Å². The molecule has 0 radical (unpaired) electrons. The van der Waals surface area contributed by atoms with Gasteiger partial charge in [0.1, 0.15) is 5.84 Å². The topological polar surface area (TPSA) is 71.1 Å². The number of alkyl halides is 1.